The third kappa shape index (κ3) is 5.76. The fraction of sp³-hybridized carbons (Fsp3) is 0.0571. The third-order valence-corrected chi connectivity index (χ3v) is 10.3. The van der Waals surface area contributed by atoms with E-state index in [-0.39, 0.29) is 20.6 Å². The van der Waals surface area contributed by atoms with Crippen LogP contribution in [0.4, 0.5) is 0 Å². The molecule has 0 unspecified atom stereocenters. The van der Waals surface area contributed by atoms with Crippen LogP contribution in [0.2, 0.25) is 20.6 Å². The largest absolute Gasteiger partial charge is 0.354 e. The van der Waals surface area contributed by atoms with Gasteiger partial charge in [0.15, 0.2) is 10.3 Å². The van der Waals surface area contributed by atoms with Crippen molar-refractivity contribution in [3.8, 4) is 33.4 Å². The first-order valence-corrected chi connectivity index (χ1v) is 18.7. The molecule has 7 heterocycles. The predicted octanol–water partition coefficient (Wildman–Crippen LogP) is 11.3. The van der Waals surface area contributed by atoms with Gasteiger partial charge < -0.3 is 15.0 Å². The number of aromatic amines is 3. The predicted molar refractivity (Wildman–Crippen MR) is 206 cm³/mol. The zero-order chi connectivity index (χ0) is 33.8. The summed E-state index contributed by atoms with van der Waals surface area (Å²) in [4.78, 5) is 34.0. The van der Waals surface area contributed by atoms with Gasteiger partial charge in [-0.2, -0.15) is 0 Å². The van der Waals surface area contributed by atoms with E-state index in [9.17, 15) is 0 Å². The Bertz CT molecular complexity index is 2550. The number of aromatic nitrogens is 8. The summed E-state index contributed by atoms with van der Waals surface area (Å²) in [5.74, 6) is 0. The lowest BCUT2D eigenvalue weighted by Gasteiger charge is -2.09. The molecule has 8 nitrogen and oxygen atoms in total. The lowest BCUT2D eigenvalue weighted by atomic mass is 10.0. The summed E-state index contributed by atoms with van der Waals surface area (Å²) in [7, 11) is 0. The van der Waals surface area contributed by atoms with E-state index in [4.69, 9.17) is 51.4 Å². The SMILES string of the molecule is CSc1nc(Cl)c(-c2c3nc(c(-c4ccccc4)c4ccc([nH]4)c(-c4c(Cl)nc(SC)nc4Cl)c4ccc([nH]4)c4ccc2[nH]4)C=C3)c(Cl)n1. The van der Waals surface area contributed by atoms with Gasteiger partial charge in [-0.25, -0.2) is 24.9 Å². The van der Waals surface area contributed by atoms with Gasteiger partial charge >= 0.3 is 0 Å². The van der Waals surface area contributed by atoms with Crippen molar-refractivity contribution in [2.24, 2.45) is 0 Å². The second-order valence-electron chi connectivity index (χ2n) is 10.9. The van der Waals surface area contributed by atoms with E-state index >= 15 is 0 Å². The van der Waals surface area contributed by atoms with Crippen LogP contribution in [0.5, 0.6) is 0 Å². The number of H-pyrrole nitrogens is 3. The molecule has 1 aliphatic rings. The number of thioether (sulfide) groups is 2. The summed E-state index contributed by atoms with van der Waals surface area (Å²) >= 11 is 30.1. The Kier molecular flexibility index (Phi) is 8.55. The van der Waals surface area contributed by atoms with Crippen molar-refractivity contribution in [3.05, 3.63) is 98.7 Å². The van der Waals surface area contributed by atoms with Crippen molar-refractivity contribution >= 4 is 115 Å². The molecule has 3 N–H and O–H groups in total. The molecular formula is C35H22Cl4N8S2. The van der Waals surface area contributed by atoms with Crippen molar-refractivity contribution in [3.63, 3.8) is 0 Å². The minimum Gasteiger partial charge on any atom is -0.354 e. The molecule has 6 aromatic heterocycles. The third-order valence-electron chi connectivity index (χ3n) is 8.11. The van der Waals surface area contributed by atoms with E-state index in [1.807, 2.05) is 91.4 Å². The summed E-state index contributed by atoms with van der Waals surface area (Å²) in [6.07, 6.45) is 7.68. The van der Waals surface area contributed by atoms with Crippen molar-refractivity contribution < 1.29 is 0 Å². The highest BCUT2D eigenvalue weighted by molar-refractivity contribution is 7.98. The molecule has 242 valence electrons. The Morgan fingerprint density at radius 2 is 0.816 bits per heavy atom. The molecule has 0 amide bonds. The smallest absolute Gasteiger partial charge is 0.190 e. The van der Waals surface area contributed by atoms with Crippen molar-refractivity contribution in [1.29, 1.82) is 0 Å². The maximum atomic E-state index is 6.85. The Morgan fingerprint density at radius 3 is 1.31 bits per heavy atom. The number of nitrogens with zero attached hydrogens (tertiary/aromatic N) is 5. The summed E-state index contributed by atoms with van der Waals surface area (Å²) in [5.41, 5.74) is 10.3. The van der Waals surface area contributed by atoms with Gasteiger partial charge in [0, 0.05) is 38.8 Å². The summed E-state index contributed by atoms with van der Waals surface area (Å²) in [6, 6.07) is 22.0. The van der Waals surface area contributed by atoms with Gasteiger partial charge in [-0.05, 0) is 66.6 Å². The Labute approximate surface area is 308 Å². The van der Waals surface area contributed by atoms with Crippen LogP contribution >= 0.6 is 69.9 Å². The molecule has 14 heteroatoms. The maximum Gasteiger partial charge on any atom is 0.190 e. The molecule has 7 aromatic rings. The van der Waals surface area contributed by atoms with Gasteiger partial charge in [-0.3, -0.25) is 0 Å². The molecule has 8 bridgehead atoms. The molecule has 0 spiro atoms. The van der Waals surface area contributed by atoms with Gasteiger partial charge in [-0.15, -0.1) is 0 Å². The number of nitrogens with one attached hydrogen (secondary N) is 3. The molecule has 1 aliphatic heterocycles. The number of hydrogen-bond donors (Lipinski definition) is 3. The van der Waals surface area contributed by atoms with Gasteiger partial charge in [0.2, 0.25) is 0 Å². The van der Waals surface area contributed by atoms with Crippen LogP contribution in [0.1, 0.15) is 11.4 Å². The van der Waals surface area contributed by atoms with Gasteiger partial charge in [0.25, 0.3) is 0 Å². The number of fused-ring (bicyclic) bond motifs is 9. The average molecular weight is 761 g/mol. The molecule has 0 atom stereocenters. The zero-order valence-corrected chi connectivity index (χ0v) is 30.2. The molecular weight excluding hydrogens is 738 g/mol. The second-order valence-corrected chi connectivity index (χ2v) is 13.9. The van der Waals surface area contributed by atoms with Crippen LogP contribution in [-0.4, -0.2) is 52.4 Å². The van der Waals surface area contributed by atoms with E-state index < -0.39 is 0 Å². The fourth-order valence-corrected chi connectivity index (χ4v) is 8.04. The normalized spacial score (nSPS) is 12.0. The lowest BCUT2D eigenvalue weighted by Crippen LogP contribution is -1.95. The van der Waals surface area contributed by atoms with Gasteiger partial charge in [0.1, 0.15) is 20.6 Å². The van der Waals surface area contributed by atoms with E-state index in [0.29, 0.717) is 38.3 Å². The molecule has 0 saturated heterocycles. The summed E-state index contributed by atoms with van der Waals surface area (Å²) < 4.78 is 0. The monoisotopic (exact) mass is 758 g/mol. The zero-order valence-electron chi connectivity index (χ0n) is 25.6. The Hall–Kier alpha value is -4.03. The van der Waals surface area contributed by atoms with E-state index in [2.05, 4.69) is 34.9 Å². The summed E-state index contributed by atoms with van der Waals surface area (Å²) in [5, 5.41) is 1.89. The number of halogens is 4. The minimum atomic E-state index is 0.226. The standard InChI is InChI=1S/C35H22Cl4N8S2/c1-48-34-44-30(36)28(31(37)45-34)26-21-10-8-17(40-21)18-9-11-22(41-18)27(29-32(38)46-35(49-2)47-33(29)39)24-15-13-20(43-24)25(16-6-4-3-5-7-16)19-12-14-23(26)42-19/h3-15,40-42H,1-2H3. The molecule has 0 aliphatic carbocycles. The van der Waals surface area contributed by atoms with Crippen LogP contribution in [0, 0.1) is 0 Å². The van der Waals surface area contributed by atoms with Crippen LogP contribution < -0.4 is 0 Å². The first-order valence-electron chi connectivity index (χ1n) is 14.8. The highest BCUT2D eigenvalue weighted by atomic mass is 35.5. The van der Waals surface area contributed by atoms with Gasteiger partial charge in [-0.1, -0.05) is 100 Å². The molecule has 0 fully saturated rings. The fourth-order valence-electron chi connectivity index (χ4n) is 5.96. The maximum absolute atomic E-state index is 6.85. The van der Waals surface area contributed by atoms with E-state index in [0.717, 1.165) is 49.9 Å². The molecule has 0 radical (unpaired) electrons. The highest BCUT2D eigenvalue weighted by Gasteiger charge is 2.22. The molecule has 8 rings (SSSR count). The van der Waals surface area contributed by atoms with Crippen LogP contribution in [0.15, 0.2) is 77.0 Å². The van der Waals surface area contributed by atoms with Crippen molar-refractivity contribution in [1.82, 2.24) is 39.9 Å². The highest BCUT2D eigenvalue weighted by Crippen LogP contribution is 2.42. The molecule has 49 heavy (non-hydrogen) atoms. The average Bonchev–Trinajstić information content (AvgIpc) is 3.93. The van der Waals surface area contributed by atoms with Crippen LogP contribution in [-0.2, 0) is 0 Å². The molecule has 0 saturated carbocycles. The Balaban J connectivity index is 1.56. The number of rotatable bonds is 5. The second kappa shape index (κ2) is 13.0. The first-order chi connectivity index (χ1) is 23.8. The number of hydrogen-bond acceptors (Lipinski definition) is 7. The van der Waals surface area contributed by atoms with Crippen LogP contribution in [0.25, 0.3) is 78.6 Å². The minimum absolute atomic E-state index is 0.226. The molecule has 1 aromatic carbocycles. The number of benzene rings is 1. The quantitative estimate of drug-likeness (QED) is 0.0909. The lowest BCUT2D eigenvalue weighted by molar-refractivity contribution is 0.974. The Morgan fingerprint density at radius 1 is 0.429 bits per heavy atom. The van der Waals surface area contributed by atoms with Crippen molar-refractivity contribution in [2.45, 2.75) is 10.3 Å². The topological polar surface area (TPSA) is 112 Å². The first kappa shape index (κ1) is 32.2. The van der Waals surface area contributed by atoms with Crippen molar-refractivity contribution in [2.75, 3.05) is 12.5 Å². The summed E-state index contributed by atoms with van der Waals surface area (Å²) in [6.45, 7) is 0. The van der Waals surface area contributed by atoms with Gasteiger partial charge in [0.05, 0.1) is 33.5 Å². The van der Waals surface area contributed by atoms with Crippen LogP contribution in [0.3, 0.4) is 0 Å². The van der Waals surface area contributed by atoms with E-state index in [1.165, 1.54) is 23.5 Å². The van der Waals surface area contributed by atoms with E-state index in [1.54, 1.807) is 0 Å².